The normalized spacial score (nSPS) is 14.2. The lowest BCUT2D eigenvalue weighted by Crippen LogP contribution is -2.37. The zero-order valence-electron chi connectivity index (χ0n) is 19.4. The Morgan fingerprint density at radius 1 is 0.917 bits per heavy atom. The Bertz CT molecular complexity index is 1600. The predicted octanol–water partition coefficient (Wildman–Crippen LogP) is 4.65. The van der Waals surface area contributed by atoms with Crippen LogP contribution in [-0.2, 0) is 4.74 Å². The molecule has 3 aromatic heterocycles. The van der Waals surface area contributed by atoms with Crippen LogP contribution in [0.1, 0.15) is 21.7 Å². The van der Waals surface area contributed by atoms with Crippen LogP contribution in [0.5, 0.6) is 0 Å². The molecule has 1 saturated heterocycles. The van der Waals surface area contributed by atoms with Crippen LogP contribution in [0, 0.1) is 0 Å². The van der Waals surface area contributed by atoms with Crippen LogP contribution in [-0.4, -0.2) is 56.7 Å². The largest absolute Gasteiger partial charge is 0.478 e. The van der Waals surface area contributed by atoms with Gasteiger partial charge in [-0.05, 0) is 36.4 Å². The van der Waals surface area contributed by atoms with Crippen molar-refractivity contribution in [3.8, 4) is 11.3 Å². The molecule has 0 atom stereocenters. The average molecular weight is 478 g/mol. The van der Waals surface area contributed by atoms with Crippen LogP contribution in [0.3, 0.4) is 0 Å². The van der Waals surface area contributed by atoms with Crippen LogP contribution in [0.25, 0.3) is 40.0 Å². The van der Waals surface area contributed by atoms with Crippen molar-refractivity contribution in [3.05, 3.63) is 90.0 Å². The molecule has 0 unspecified atom stereocenters. The molecule has 8 heteroatoms. The third kappa shape index (κ3) is 4.18. The minimum Gasteiger partial charge on any atom is -0.478 e. The number of carboxylic acid groups (broad SMARTS) is 1. The van der Waals surface area contributed by atoms with E-state index < -0.39 is 5.97 Å². The molecular weight excluding hydrogens is 454 g/mol. The first-order valence-corrected chi connectivity index (χ1v) is 11.7. The number of ether oxygens (including phenoxy) is 1. The van der Waals surface area contributed by atoms with Crippen molar-refractivity contribution >= 4 is 40.5 Å². The number of aromatic carboxylic acids is 1. The van der Waals surface area contributed by atoms with E-state index in [2.05, 4.69) is 11.0 Å². The van der Waals surface area contributed by atoms with Crippen LogP contribution in [0.15, 0.2) is 73.1 Å². The molecule has 1 aliphatic rings. The summed E-state index contributed by atoms with van der Waals surface area (Å²) < 4.78 is 7.53. The SMILES string of the molecule is O=C(O)c1ccc(-c2cnc(N3CCOCC3)c3nc(/C=C/c4ccc5ccccc5n4)cn23)cc1. The standard InChI is InChI=1S/C28H23N5O3/c34-28(35)21-7-5-20(6-8-21)25-17-29-26(32-13-15-36-16-14-32)27-31-23(18-33(25)27)12-11-22-10-9-19-3-1-2-4-24(19)30-22/h1-12,17-18H,13-16H2,(H,34,35)/b12-11+. The van der Waals surface area contributed by atoms with Gasteiger partial charge in [0.15, 0.2) is 11.5 Å². The highest BCUT2D eigenvalue weighted by atomic mass is 16.5. The summed E-state index contributed by atoms with van der Waals surface area (Å²) in [7, 11) is 0. The first-order chi connectivity index (χ1) is 17.7. The molecule has 1 N–H and O–H groups in total. The third-order valence-corrected chi connectivity index (χ3v) is 6.28. The van der Waals surface area contributed by atoms with E-state index in [0.717, 1.165) is 58.1 Å². The number of anilines is 1. The Kier molecular flexibility index (Phi) is 5.63. The minimum absolute atomic E-state index is 0.241. The summed E-state index contributed by atoms with van der Waals surface area (Å²) in [6.07, 6.45) is 7.69. The molecule has 0 spiro atoms. The van der Waals surface area contributed by atoms with E-state index >= 15 is 0 Å². The zero-order valence-corrected chi connectivity index (χ0v) is 19.4. The summed E-state index contributed by atoms with van der Waals surface area (Å²) in [4.78, 5) is 27.9. The lowest BCUT2D eigenvalue weighted by Gasteiger charge is -2.28. The van der Waals surface area contributed by atoms with Gasteiger partial charge in [0.2, 0.25) is 0 Å². The van der Waals surface area contributed by atoms with Crippen molar-refractivity contribution in [3.63, 3.8) is 0 Å². The van der Waals surface area contributed by atoms with Gasteiger partial charge < -0.3 is 14.7 Å². The number of rotatable bonds is 5. The summed E-state index contributed by atoms with van der Waals surface area (Å²) in [5, 5.41) is 10.4. The number of hydrogen-bond donors (Lipinski definition) is 1. The fourth-order valence-corrected chi connectivity index (χ4v) is 4.40. The molecule has 4 heterocycles. The van der Waals surface area contributed by atoms with Crippen molar-refractivity contribution in [2.75, 3.05) is 31.2 Å². The fourth-order valence-electron chi connectivity index (χ4n) is 4.40. The highest BCUT2D eigenvalue weighted by molar-refractivity contribution is 5.88. The second-order valence-electron chi connectivity index (χ2n) is 8.57. The second-order valence-corrected chi connectivity index (χ2v) is 8.57. The number of aromatic nitrogens is 4. The number of imidazole rings is 1. The van der Waals surface area contributed by atoms with Gasteiger partial charge >= 0.3 is 5.97 Å². The van der Waals surface area contributed by atoms with E-state index in [9.17, 15) is 9.90 Å². The molecule has 0 amide bonds. The molecular formula is C28H23N5O3. The lowest BCUT2D eigenvalue weighted by molar-refractivity contribution is 0.0697. The van der Waals surface area contributed by atoms with Crippen LogP contribution < -0.4 is 4.90 Å². The summed E-state index contributed by atoms with van der Waals surface area (Å²) in [5.74, 6) is -0.155. The Hall–Kier alpha value is -4.56. The monoisotopic (exact) mass is 477 g/mol. The average Bonchev–Trinajstić information content (AvgIpc) is 3.36. The summed E-state index contributed by atoms with van der Waals surface area (Å²) in [5.41, 5.74) is 5.23. The van der Waals surface area contributed by atoms with E-state index in [1.807, 2.05) is 59.3 Å². The summed E-state index contributed by atoms with van der Waals surface area (Å²) in [6, 6.07) is 18.9. The number of pyridine rings is 1. The highest BCUT2D eigenvalue weighted by Crippen LogP contribution is 2.27. The topological polar surface area (TPSA) is 92.8 Å². The van der Waals surface area contributed by atoms with Gasteiger partial charge in [-0.3, -0.25) is 4.40 Å². The summed E-state index contributed by atoms with van der Waals surface area (Å²) in [6.45, 7) is 2.78. The lowest BCUT2D eigenvalue weighted by atomic mass is 10.1. The molecule has 178 valence electrons. The van der Waals surface area contributed by atoms with Gasteiger partial charge in [-0.15, -0.1) is 0 Å². The molecule has 1 fully saturated rings. The van der Waals surface area contributed by atoms with Gasteiger partial charge in [0, 0.05) is 30.2 Å². The van der Waals surface area contributed by atoms with Gasteiger partial charge in [-0.25, -0.2) is 19.7 Å². The van der Waals surface area contributed by atoms with Gasteiger partial charge in [-0.2, -0.15) is 0 Å². The molecule has 0 aliphatic carbocycles. The number of carbonyl (C=O) groups is 1. The summed E-state index contributed by atoms with van der Waals surface area (Å²) >= 11 is 0. The number of para-hydroxylation sites is 1. The molecule has 1 aliphatic heterocycles. The zero-order chi connectivity index (χ0) is 24.5. The van der Waals surface area contributed by atoms with Crippen molar-refractivity contribution in [1.29, 1.82) is 0 Å². The van der Waals surface area contributed by atoms with E-state index in [1.165, 1.54) is 0 Å². The smallest absolute Gasteiger partial charge is 0.335 e. The number of carboxylic acids is 1. The molecule has 0 radical (unpaired) electrons. The number of benzene rings is 2. The molecule has 36 heavy (non-hydrogen) atoms. The minimum atomic E-state index is -0.954. The first-order valence-electron chi connectivity index (χ1n) is 11.7. The van der Waals surface area contributed by atoms with Crippen molar-refractivity contribution in [2.24, 2.45) is 0 Å². The Morgan fingerprint density at radius 3 is 2.50 bits per heavy atom. The van der Waals surface area contributed by atoms with Crippen LogP contribution in [0.2, 0.25) is 0 Å². The number of fused-ring (bicyclic) bond motifs is 2. The first kappa shape index (κ1) is 21.9. The molecule has 2 aromatic carbocycles. The fraction of sp³-hybridized carbons (Fsp3) is 0.143. The maximum atomic E-state index is 11.3. The molecule has 6 rings (SSSR count). The quantitative estimate of drug-likeness (QED) is 0.394. The van der Waals surface area contributed by atoms with E-state index in [1.54, 1.807) is 24.3 Å². The van der Waals surface area contributed by atoms with Gasteiger partial charge in [-0.1, -0.05) is 36.4 Å². The Labute approximate surface area is 207 Å². The Balaban J connectivity index is 1.42. The molecule has 8 nitrogen and oxygen atoms in total. The predicted molar refractivity (Wildman–Crippen MR) is 139 cm³/mol. The molecule has 5 aromatic rings. The Morgan fingerprint density at radius 2 is 1.69 bits per heavy atom. The maximum Gasteiger partial charge on any atom is 0.335 e. The third-order valence-electron chi connectivity index (χ3n) is 6.28. The van der Waals surface area contributed by atoms with Gasteiger partial charge in [0.25, 0.3) is 0 Å². The number of morpholine rings is 1. The number of nitrogens with zero attached hydrogens (tertiary/aromatic N) is 5. The van der Waals surface area contributed by atoms with E-state index in [0.29, 0.717) is 13.2 Å². The molecule has 0 bridgehead atoms. The maximum absolute atomic E-state index is 11.3. The van der Waals surface area contributed by atoms with Crippen molar-refractivity contribution in [2.45, 2.75) is 0 Å². The molecule has 0 saturated carbocycles. The van der Waals surface area contributed by atoms with Gasteiger partial charge in [0.1, 0.15) is 0 Å². The second kappa shape index (κ2) is 9.24. The van der Waals surface area contributed by atoms with E-state index in [4.69, 9.17) is 19.7 Å². The van der Waals surface area contributed by atoms with Crippen molar-refractivity contribution < 1.29 is 14.6 Å². The van der Waals surface area contributed by atoms with Crippen molar-refractivity contribution in [1.82, 2.24) is 19.4 Å². The van der Waals surface area contributed by atoms with Crippen LogP contribution in [0.4, 0.5) is 5.82 Å². The highest BCUT2D eigenvalue weighted by Gasteiger charge is 2.19. The van der Waals surface area contributed by atoms with E-state index in [-0.39, 0.29) is 5.56 Å². The van der Waals surface area contributed by atoms with Gasteiger partial charge in [0.05, 0.1) is 47.6 Å². The van der Waals surface area contributed by atoms with Crippen LogP contribution >= 0.6 is 0 Å². The number of hydrogen-bond acceptors (Lipinski definition) is 6.